The van der Waals surface area contributed by atoms with Gasteiger partial charge in [-0.2, -0.15) is 0 Å². The monoisotopic (exact) mass is 274 g/mol. The maximum absolute atomic E-state index is 5.47. The number of nitrogens with one attached hydrogen (secondary N) is 1. The van der Waals surface area contributed by atoms with Gasteiger partial charge in [0.2, 0.25) is 0 Å². The van der Waals surface area contributed by atoms with Gasteiger partial charge >= 0.3 is 8.56 Å². The number of rotatable bonds is 9. The molecule has 0 radical (unpaired) electrons. The summed E-state index contributed by atoms with van der Waals surface area (Å²) in [6.07, 6.45) is 5.32. The Bertz CT molecular complexity index is 207. The van der Waals surface area contributed by atoms with Crippen LogP contribution in [0.5, 0.6) is 0 Å². The van der Waals surface area contributed by atoms with Crippen molar-refractivity contribution in [3.63, 3.8) is 0 Å². The van der Waals surface area contributed by atoms with Gasteiger partial charge in [-0.05, 0) is 51.5 Å². The lowest BCUT2D eigenvalue weighted by Crippen LogP contribution is -2.38. The molecule has 1 heterocycles. The Hall–Kier alpha value is 0.0569. The number of likely N-dealkylation sites (tertiary alicyclic amines) is 1. The summed E-state index contributed by atoms with van der Waals surface area (Å²) in [5.74, 6) is 0. The first-order chi connectivity index (χ1) is 8.70. The average Bonchev–Trinajstić information content (AvgIpc) is 2.43. The lowest BCUT2D eigenvalue weighted by Gasteiger charge is -2.26. The lowest BCUT2D eigenvalue weighted by atomic mass is 10.1. The van der Waals surface area contributed by atoms with Gasteiger partial charge in [-0.1, -0.05) is 6.42 Å². The third-order valence-corrected chi connectivity index (χ3v) is 6.89. The second kappa shape index (κ2) is 9.04. The molecule has 0 spiro atoms. The molecule has 1 aliphatic rings. The molecule has 1 aliphatic heterocycles. The van der Waals surface area contributed by atoms with E-state index in [1.807, 2.05) is 0 Å². The lowest BCUT2D eigenvalue weighted by molar-refractivity contribution is 0.228. The summed E-state index contributed by atoms with van der Waals surface area (Å²) in [4.78, 5) is 2.57. The zero-order valence-corrected chi connectivity index (χ0v) is 13.3. The summed E-state index contributed by atoms with van der Waals surface area (Å²) in [7, 11) is 1.69. The van der Waals surface area contributed by atoms with Crippen LogP contribution in [0.2, 0.25) is 12.6 Å². The minimum atomic E-state index is -1.84. The van der Waals surface area contributed by atoms with Crippen LogP contribution in [0, 0.1) is 0 Å². The van der Waals surface area contributed by atoms with Crippen molar-refractivity contribution < 1.29 is 8.85 Å². The topological polar surface area (TPSA) is 33.7 Å². The number of hydrogen-bond donors (Lipinski definition) is 1. The van der Waals surface area contributed by atoms with Crippen molar-refractivity contribution in [1.29, 1.82) is 0 Å². The summed E-state index contributed by atoms with van der Waals surface area (Å²) < 4.78 is 10.9. The molecule has 1 N–H and O–H groups in total. The number of piperidine rings is 1. The predicted octanol–water partition coefficient (Wildman–Crippen LogP) is 1.82. The highest BCUT2D eigenvalue weighted by Crippen LogP contribution is 2.12. The second-order valence-electron chi connectivity index (χ2n) is 5.30. The van der Waals surface area contributed by atoms with Crippen molar-refractivity contribution in [3.05, 3.63) is 0 Å². The first kappa shape index (κ1) is 16.1. The zero-order valence-electron chi connectivity index (χ0n) is 12.3. The van der Waals surface area contributed by atoms with E-state index in [9.17, 15) is 0 Å². The molecule has 1 fully saturated rings. The van der Waals surface area contributed by atoms with Gasteiger partial charge in [-0.3, -0.25) is 0 Å². The van der Waals surface area contributed by atoms with Gasteiger partial charge in [-0.25, -0.2) is 0 Å². The zero-order chi connectivity index (χ0) is 13.3. The highest BCUT2D eigenvalue weighted by molar-refractivity contribution is 6.65. The Morgan fingerprint density at radius 3 is 2.33 bits per heavy atom. The summed E-state index contributed by atoms with van der Waals surface area (Å²) in [5.41, 5.74) is 0. The quantitative estimate of drug-likeness (QED) is 0.514. The molecule has 0 atom stereocenters. The molecule has 5 heteroatoms. The Kier molecular flexibility index (Phi) is 8.09. The van der Waals surface area contributed by atoms with Gasteiger partial charge in [0, 0.05) is 27.3 Å². The van der Waals surface area contributed by atoms with Crippen molar-refractivity contribution in [2.24, 2.45) is 0 Å². The van der Waals surface area contributed by atoms with Crippen LogP contribution in [0.4, 0.5) is 0 Å². The van der Waals surface area contributed by atoms with Crippen LogP contribution >= 0.6 is 0 Å². The van der Waals surface area contributed by atoms with Crippen molar-refractivity contribution in [1.82, 2.24) is 10.2 Å². The molecular weight excluding hydrogens is 244 g/mol. The average molecular weight is 274 g/mol. The minimum absolute atomic E-state index is 1.07. The molecule has 0 bridgehead atoms. The van der Waals surface area contributed by atoms with Crippen LogP contribution in [-0.2, 0) is 8.85 Å². The van der Waals surface area contributed by atoms with Crippen LogP contribution in [0.3, 0.4) is 0 Å². The van der Waals surface area contributed by atoms with Crippen molar-refractivity contribution in [3.8, 4) is 0 Å². The van der Waals surface area contributed by atoms with Crippen molar-refractivity contribution >= 4 is 8.56 Å². The standard InChI is InChI=1S/C13H30N2O2Si/c1-16-18(3,17-2)13-7-8-14-9-12-15-10-5-4-6-11-15/h14H,4-13H2,1-3H3. The Labute approximate surface area is 113 Å². The van der Waals surface area contributed by atoms with Gasteiger partial charge in [0.15, 0.2) is 0 Å². The molecule has 0 aromatic rings. The van der Waals surface area contributed by atoms with E-state index < -0.39 is 8.56 Å². The van der Waals surface area contributed by atoms with E-state index in [1.165, 1.54) is 38.9 Å². The van der Waals surface area contributed by atoms with Crippen LogP contribution in [0.15, 0.2) is 0 Å². The molecule has 108 valence electrons. The van der Waals surface area contributed by atoms with E-state index in [-0.39, 0.29) is 0 Å². The molecule has 0 amide bonds. The minimum Gasteiger partial charge on any atom is -0.398 e. The van der Waals surface area contributed by atoms with E-state index in [2.05, 4.69) is 16.8 Å². The molecule has 0 aromatic heterocycles. The molecule has 0 aromatic carbocycles. The third kappa shape index (κ3) is 6.29. The normalized spacial score (nSPS) is 18.2. The first-order valence-electron chi connectivity index (χ1n) is 7.23. The fourth-order valence-corrected chi connectivity index (χ4v) is 3.76. The highest BCUT2D eigenvalue weighted by atomic mass is 28.4. The predicted molar refractivity (Wildman–Crippen MR) is 78.2 cm³/mol. The Morgan fingerprint density at radius 2 is 1.72 bits per heavy atom. The summed E-state index contributed by atoms with van der Waals surface area (Å²) in [5, 5.41) is 3.52. The van der Waals surface area contributed by atoms with Crippen molar-refractivity contribution in [2.45, 2.75) is 38.3 Å². The Morgan fingerprint density at radius 1 is 1.06 bits per heavy atom. The summed E-state index contributed by atoms with van der Waals surface area (Å²) in [6, 6.07) is 1.07. The SMILES string of the molecule is CO[Si](C)(CCCNCCN1CCCCC1)OC. The molecule has 18 heavy (non-hydrogen) atoms. The van der Waals surface area contributed by atoms with Gasteiger partial charge in [-0.15, -0.1) is 0 Å². The van der Waals surface area contributed by atoms with Crippen LogP contribution in [0.25, 0.3) is 0 Å². The van der Waals surface area contributed by atoms with Crippen molar-refractivity contribution in [2.75, 3.05) is 46.9 Å². The van der Waals surface area contributed by atoms with Crippen LogP contribution < -0.4 is 5.32 Å². The second-order valence-corrected chi connectivity index (χ2v) is 8.88. The largest absolute Gasteiger partial charge is 0.398 e. The molecule has 1 rings (SSSR count). The van der Waals surface area contributed by atoms with E-state index in [4.69, 9.17) is 8.85 Å². The summed E-state index contributed by atoms with van der Waals surface area (Å²) >= 11 is 0. The van der Waals surface area contributed by atoms with E-state index in [0.717, 1.165) is 25.6 Å². The number of nitrogens with zero attached hydrogens (tertiary/aromatic N) is 1. The smallest absolute Gasteiger partial charge is 0.334 e. The fraction of sp³-hybridized carbons (Fsp3) is 1.00. The van der Waals surface area contributed by atoms with Crippen LogP contribution in [-0.4, -0.2) is 60.4 Å². The molecule has 4 nitrogen and oxygen atoms in total. The molecule has 0 saturated carbocycles. The Balaban J connectivity index is 1.95. The molecule has 1 saturated heterocycles. The van der Waals surface area contributed by atoms with Gasteiger partial charge < -0.3 is 19.1 Å². The maximum Gasteiger partial charge on any atom is 0.334 e. The molecule has 0 unspecified atom stereocenters. The summed E-state index contributed by atoms with van der Waals surface area (Å²) in [6.45, 7) is 8.09. The van der Waals surface area contributed by atoms with E-state index in [0.29, 0.717) is 0 Å². The molecular formula is C13H30N2O2Si. The number of hydrogen-bond acceptors (Lipinski definition) is 4. The highest BCUT2D eigenvalue weighted by Gasteiger charge is 2.27. The first-order valence-corrected chi connectivity index (χ1v) is 9.76. The fourth-order valence-electron chi connectivity index (χ4n) is 2.37. The van der Waals surface area contributed by atoms with E-state index >= 15 is 0 Å². The van der Waals surface area contributed by atoms with E-state index in [1.54, 1.807) is 14.2 Å². The van der Waals surface area contributed by atoms with Gasteiger partial charge in [0.05, 0.1) is 0 Å². The van der Waals surface area contributed by atoms with Gasteiger partial charge in [0.25, 0.3) is 0 Å². The van der Waals surface area contributed by atoms with Crippen LogP contribution in [0.1, 0.15) is 25.7 Å². The van der Waals surface area contributed by atoms with Gasteiger partial charge in [0.1, 0.15) is 0 Å². The third-order valence-electron chi connectivity index (χ3n) is 3.90. The molecule has 0 aliphatic carbocycles. The maximum atomic E-state index is 5.47.